The van der Waals surface area contributed by atoms with Crippen molar-refractivity contribution in [1.82, 2.24) is 15.5 Å². The van der Waals surface area contributed by atoms with Gasteiger partial charge in [0.05, 0.1) is 63.6 Å². The Hall–Kier alpha value is -1.74. The first-order valence-corrected chi connectivity index (χ1v) is 20.7. The highest BCUT2D eigenvalue weighted by Gasteiger charge is 2.30. The van der Waals surface area contributed by atoms with Crippen molar-refractivity contribution < 1.29 is 47.5 Å². The molecule has 1 heterocycles. The minimum absolute atomic E-state index is 0.0236. The van der Waals surface area contributed by atoms with Gasteiger partial charge in [0.2, 0.25) is 0 Å². The zero-order valence-corrected chi connectivity index (χ0v) is 34.2. The van der Waals surface area contributed by atoms with Gasteiger partial charge in [-0.05, 0) is 111 Å². The first kappa shape index (κ1) is 45.6. The van der Waals surface area contributed by atoms with E-state index in [9.17, 15) is 9.59 Å². The molecule has 6 atom stereocenters. The third-order valence-electron chi connectivity index (χ3n) is 10.5. The SMILES string of the molecule is CCCCOCC(CN1CC1)OC(=O)NC1CCC(CC2CCC(NC(=O)OC[C@H](C)OC[C@@H](C)OC[C@H](C)OC[C@@H](C)OC[C@H](C)OC)CC2)CC1. The topological polar surface area (TPSA) is 135 Å². The highest BCUT2D eigenvalue weighted by Crippen LogP contribution is 2.35. The molecule has 0 aromatic heterocycles. The van der Waals surface area contributed by atoms with Crippen LogP contribution in [0.25, 0.3) is 0 Å². The van der Waals surface area contributed by atoms with E-state index in [4.69, 9.17) is 37.9 Å². The molecular formula is C40H75N3O10. The lowest BCUT2D eigenvalue weighted by molar-refractivity contribution is -0.0955. The van der Waals surface area contributed by atoms with E-state index in [0.717, 1.165) is 83.8 Å². The Bertz CT molecular complexity index is 974. The first-order valence-electron chi connectivity index (χ1n) is 20.7. The maximum absolute atomic E-state index is 12.7. The minimum atomic E-state index is -0.376. The van der Waals surface area contributed by atoms with Gasteiger partial charge in [-0.1, -0.05) is 13.3 Å². The fourth-order valence-corrected chi connectivity index (χ4v) is 6.90. The molecule has 2 amide bonds. The van der Waals surface area contributed by atoms with Crippen LogP contribution in [0.1, 0.15) is 112 Å². The summed E-state index contributed by atoms with van der Waals surface area (Å²) < 4.78 is 45.5. The number of rotatable bonds is 27. The molecule has 0 aromatic carbocycles. The molecule has 2 N–H and O–H groups in total. The van der Waals surface area contributed by atoms with Gasteiger partial charge in [0.25, 0.3) is 0 Å². The Balaban J connectivity index is 1.18. The summed E-state index contributed by atoms with van der Waals surface area (Å²) in [5.74, 6) is 1.39. The van der Waals surface area contributed by atoms with Gasteiger partial charge in [0, 0.05) is 45.4 Å². The average Bonchev–Trinajstić information content (AvgIpc) is 3.97. The van der Waals surface area contributed by atoms with E-state index in [2.05, 4.69) is 22.5 Å². The van der Waals surface area contributed by atoms with E-state index in [-0.39, 0.29) is 67.5 Å². The van der Waals surface area contributed by atoms with Crippen molar-refractivity contribution in [2.75, 3.05) is 73.0 Å². The van der Waals surface area contributed by atoms with Crippen LogP contribution in [0.15, 0.2) is 0 Å². The zero-order chi connectivity index (χ0) is 38.4. The summed E-state index contributed by atoms with van der Waals surface area (Å²) in [5.41, 5.74) is 0. The van der Waals surface area contributed by atoms with Crippen LogP contribution >= 0.6 is 0 Å². The zero-order valence-electron chi connectivity index (χ0n) is 34.2. The lowest BCUT2D eigenvalue weighted by Crippen LogP contribution is -2.42. The van der Waals surface area contributed by atoms with Crippen molar-refractivity contribution in [1.29, 1.82) is 0 Å². The summed E-state index contributed by atoms with van der Waals surface area (Å²) >= 11 is 0. The van der Waals surface area contributed by atoms with Gasteiger partial charge in [0.15, 0.2) is 0 Å². The number of unbranched alkanes of at least 4 members (excludes halogenated alkanes) is 1. The lowest BCUT2D eigenvalue weighted by atomic mass is 9.76. The van der Waals surface area contributed by atoms with E-state index >= 15 is 0 Å². The summed E-state index contributed by atoms with van der Waals surface area (Å²) in [7, 11) is 1.67. The number of methoxy groups -OCH3 is 1. The van der Waals surface area contributed by atoms with E-state index < -0.39 is 0 Å². The van der Waals surface area contributed by atoms with Crippen LogP contribution in [0, 0.1) is 11.8 Å². The number of amides is 2. The van der Waals surface area contributed by atoms with Crippen LogP contribution in [-0.4, -0.2) is 139 Å². The fraction of sp³-hybridized carbons (Fsp3) is 0.950. The van der Waals surface area contributed by atoms with Crippen molar-refractivity contribution >= 4 is 12.2 Å². The molecule has 13 nitrogen and oxygen atoms in total. The summed E-state index contributed by atoms with van der Waals surface area (Å²) in [5, 5.41) is 6.20. The molecule has 3 rings (SSSR count). The summed E-state index contributed by atoms with van der Waals surface area (Å²) in [6.45, 7) is 18.0. The summed E-state index contributed by atoms with van der Waals surface area (Å²) in [6.07, 6.45) is 10.5. The number of alkyl carbamates (subject to hydrolysis) is 2. The Morgan fingerprint density at radius 2 is 1.11 bits per heavy atom. The molecule has 13 heteroatoms. The lowest BCUT2D eigenvalue weighted by Gasteiger charge is -2.34. The van der Waals surface area contributed by atoms with Crippen molar-refractivity contribution in [2.24, 2.45) is 11.8 Å². The largest absolute Gasteiger partial charge is 0.447 e. The molecule has 3 fully saturated rings. The molecule has 310 valence electrons. The van der Waals surface area contributed by atoms with Gasteiger partial charge in [-0.25, -0.2) is 9.59 Å². The van der Waals surface area contributed by atoms with Crippen molar-refractivity contribution in [3.8, 4) is 0 Å². The highest BCUT2D eigenvalue weighted by atomic mass is 16.6. The Kier molecular flexibility index (Phi) is 22.5. The van der Waals surface area contributed by atoms with Crippen LogP contribution < -0.4 is 10.6 Å². The predicted octanol–water partition coefficient (Wildman–Crippen LogP) is 6.10. The molecular weight excluding hydrogens is 682 g/mol. The van der Waals surface area contributed by atoms with Crippen LogP contribution in [0.5, 0.6) is 0 Å². The predicted molar refractivity (Wildman–Crippen MR) is 204 cm³/mol. The van der Waals surface area contributed by atoms with Gasteiger partial charge < -0.3 is 48.5 Å². The maximum atomic E-state index is 12.7. The van der Waals surface area contributed by atoms with E-state index in [1.54, 1.807) is 7.11 Å². The smallest absolute Gasteiger partial charge is 0.407 e. The van der Waals surface area contributed by atoms with Gasteiger partial charge in [0.1, 0.15) is 12.7 Å². The second kappa shape index (κ2) is 26.2. The van der Waals surface area contributed by atoms with Gasteiger partial charge >= 0.3 is 12.2 Å². The van der Waals surface area contributed by atoms with Crippen LogP contribution in [0.2, 0.25) is 0 Å². The van der Waals surface area contributed by atoms with Gasteiger partial charge in [-0.3, -0.25) is 4.90 Å². The number of nitrogens with zero attached hydrogens (tertiary/aromatic N) is 1. The van der Waals surface area contributed by atoms with E-state index in [1.165, 1.54) is 6.42 Å². The summed E-state index contributed by atoms with van der Waals surface area (Å²) in [6, 6.07) is 0.335. The van der Waals surface area contributed by atoms with Gasteiger partial charge in [-0.15, -0.1) is 0 Å². The Morgan fingerprint density at radius 1 is 0.642 bits per heavy atom. The quantitative estimate of drug-likeness (QED) is 0.0744. The molecule has 2 aliphatic carbocycles. The van der Waals surface area contributed by atoms with Gasteiger partial charge in [-0.2, -0.15) is 0 Å². The van der Waals surface area contributed by atoms with Crippen molar-refractivity contribution in [3.05, 3.63) is 0 Å². The molecule has 3 aliphatic rings. The molecule has 0 bridgehead atoms. The number of carbonyl (C=O) groups excluding carboxylic acids is 2. The first-order chi connectivity index (χ1) is 25.5. The molecule has 53 heavy (non-hydrogen) atoms. The van der Waals surface area contributed by atoms with Crippen molar-refractivity contribution in [2.45, 2.75) is 161 Å². The summed E-state index contributed by atoms with van der Waals surface area (Å²) in [4.78, 5) is 27.5. The standard InChI is InChI=1S/C40H75N3O10/c1-8-9-20-47-28-38(22-43-18-19-43)53-40(45)42-37-16-12-35(13-17-37)21-34-10-14-36(15-11-34)41-39(44)52-27-33(6)51-26-32(5)50-25-31(4)49-24-30(3)48-23-29(2)46-7/h29-38H,8-28H2,1-7H3,(H,41,44)(H,42,45)/t29-,30+,31-,32+,33-,34?,35?,36?,37?,38?/m0/s1. The maximum Gasteiger partial charge on any atom is 0.407 e. The molecule has 1 aliphatic heterocycles. The normalized spacial score (nSPS) is 25.4. The molecule has 1 unspecified atom stereocenters. The van der Waals surface area contributed by atoms with Crippen LogP contribution in [-0.2, 0) is 37.9 Å². The average molecular weight is 758 g/mol. The third-order valence-corrected chi connectivity index (χ3v) is 10.5. The second-order valence-corrected chi connectivity index (χ2v) is 15.9. The van der Waals surface area contributed by atoms with Crippen molar-refractivity contribution in [3.63, 3.8) is 0 Å². The fourth-order valence-electron chi connectivity index (χ4n) is 6.90. The molecule has 2 saturated carbocycles. The Morgan fingerprint density at radius 3 is 1.58 bits per heavy atom. The third kappa shape index (κ3) is 21.2. The van der Waals surface area contributed by atoms with Crippen LogP contribution in [0.3, 0.4) is 0 Å². The molecule has 0 aromatic rings. The monoisotopic (exact) mass is 758 g/mol. The Labute approximate surface area is 320 Å². The number of ether oxygens (including phenoxy) is 8. The number of carbonyl (C=O) groups is 2. The molecule has 0 radical (unpaired) electrons. The number of nitrogens with one attached hydrogen (secondary N) is 2. The van der Waals surface area contributed by atoms with E-state index in [1.807, 2.05) is 34.6 Å². The van der Waals surface area contributed by atoms with E-state index in [0.29, 0.717) is 51.5 Å². The molecule has 0 spiro atoms. The highest BCUT2D eigenvalue weighted by molar-refractivity contribution is 5.68. The molecule has 1 saturated heterocycles. The minimum Gasteiger partial charge on any atom is -0.447 e. The number of hydrogen-bond acceptors (Lipinski definition) is 11. The van der Waals surface area contributed by atoms with Crippen LogP contribution in [0.4, 0.5) is 9.59 Å². The number of hydrogen-bond donors (Lipinski definition) is 2. The second-order valence-electron chi connectivity index (χ2n) is 15.9.